The Bertz CT molecular complexity index is 556. The van der Waals surface area contributed by atoms with E-state index in [1.54, 1.807) is 0 Å². The fourth-order valence-electron chi connectivity index (χ4n) is 2.38. The third-order valence-electron chi connectivity index (χ3n) is 3.69. The number of halogens is 4. The van der Waals surface area contributed by atoms with Crippen molar-refractivity contribution in [3.8, 4) is 0 Å². The highest BCUT2D eigenvalue weighted by Crippen LogP contribution is 2.29. The van der Waals surface area contributed by atoms with Gasteiger partial charge < -0.3 is 15.3 Å². The van der Waals surface area contributed by atoms with Crippen LogP contribution in [0.5, 0.6) is 0 Å². The summed E-state index contributed by atoms with van der Waals surface area (Å²) in [4.78, 5) is 15.5. The molecule has 0 bridgehead atoms. The van der Waals surface area contributed by atoms with Crippen molar-refractivity contribution in [2.45, 2.75) is 19.1 Å². The van der Waals surface area contributed by atoms with Gasteiger partial charge in [0.1, 0.15) is 5.15 Å². The van der Waals surface area contributed by atoms with Crippen molar-refractivity contribution < 1.29 is 23.1 Å². The molecule has 3 rings (SSSR count). The smallest absolute Gasteiger partial charge is 0.475 e. The number of fused-ring (bicyclic) bond motifs is 1. The summed E-state index contributed by atoms with van der Waals surface area (Å²) in [7, 11) is 0. The monoisotopic (exact) mass is 337 g/mol. The highest BCUT2D eigenvalue weighted by atomic mass is 35.5. The molecule has 0 saturated carbocycles. The maximum absolute atomic E-state index is 10.6. The van der Waals surface area contributed by atoms with E-state index >= 15 is 0 Å². The van der Waals surface area contributed by atoms with Crippen LogP contribution in [0.15, 0.2) is 12.3 Å². The molecule has 122 valence electrons. The molecule has 1 aromatic heterocycles. The fraction of sp³-hybridized carbons (Fsp3) is 0.538. The van der Waals surface area contributed by atoms with Gasteiger partial charge in [-0.05, 0) is 18.6 Å². The second kappa shape index (κ2) is 6.29. The maximum Gasteiger partial charge on any atom is 0.490 e. The van der Waals surface area contributed by atoms with E-state index in [1.807, 2.05) is 13.1 Å². The van der Waals surface area contributed by atoms with Crippen LogP contribution in [0.1, 0.15) is 5.56 Å². The Balaban J connectivity index is 0.000000217. The number of hydrogen-bond acceptors (Lipinski definition) is 4. The summed E-state index contributed by atoms with van der Waals surface area (Å²) < 4.78 is 31.7. The number of nitrogens with zero attached hydrogens (tertiary/aromatic N) is 2. The van der Waals surface area contributed by atoms with Gasteiger partial charge in [0, 0.05) is 31.6 Å². The van der Waals surface area contributed by atoms with E-state index < -0.39 is 12.1 Å². The van der Waals surface area contributed by atoms with Crippen LogP contribution in [0.3, 0.4) is 0 Å². The Hall–Kier alpha value is -1.54. The van der Waals surface area contributed by atoms with Gasteiger partial charge in [0.2, 0.25) is 0 Å². The van der Waals surface area contributed by atoms with Gasteiger partial charge in [-0.1, -0.05) is 11.6 Å². The van der Waals surface area contributed by atoms with Crippen molar-refractivity contribution in [1.29, 1.82) is 0 Å². The summed E-state index contributed by atoms with van der Waals surface area (Å²) in [5.41, 5.74) is 2.26. The Kier molecular flexibility index (Phi) is 4.81. The van der Waals surface area contributed by atoms with Gasteiger partial charge in [-0.25, -0.2) is 9.78 Å². The first kappa shape index (κ1) is 16.8. The zero-order valence-electron chi connectivity index (χ0n) is 11.7. The predicted molar refractivity (Wildman–Crippen MR) is 75.2 cm³/mol. The summed E-state index contributed by atoms with van der Waals surface area (Å²) in [6.45, 7) is 5.43. The molecule has 0 spiro atoms. The lowest BCUT2D eigenvalue weighted by atomic mass is 9.96. The molecule has 2 saturated heterocycles. The summed E-state index contributed by atoms with van der Waals surface area (Å²) in [5.74, 6) is -1.92. The van der Waals surface area contributed by atoms with Crippen molar-refractivity contribution in [2.75, 3.05) is 24.5 Å². The summed E-state index contributed by atoms with van der Waals surface area (Å²) in [6, 6.07) is 2.82. The quantitative estimate of drug-likeness (QED) is 0.768. The lowest BCUT2D eigenvalue weighted by molar-refractivity contribution is -0.192. The number of carboxylic acids is 1. The predicted octanol–water partition coefficient (Wildman–Crippen LogP) is 2.08. The standard InChI is InChI=1S/C11H14ClN3.C2HF3O2/c1-7-2-9(4-14-11(7)12)15-5-8-3-13-10(8)6-15;3-2(4,5)1(6)7/h2,4,8,10,13H,3,5-6H2,1H3;(H,6,7)/t8-,10+;/m0./s1. The molecule has 2 aliphatic heterocycles. The van der Waals surface area contributed by atoms with Crippen LogP contribution in [0.4, 0.5) is 18.9 Å². The number of aliphatic carboxylic acids is 1. The fourth-order valence-corrected chi connectivity index (χ4v) is 2.48. The van der Waals surface area contributed by atoms with E-state index in [2.05, 4.69) is 21.3 Å². The van der Waals surface area contributed by atoms with Crippen LogP contribution in [-0.2, 0) is 4.79 Å². The minimum atomic E-state index is -5.08. The summed E-state index contributed by atoms with van der Waals surface area (Å²) in [5, 5.41) is 11.2. The average molecular weight is 338 g/mol. The van der Waals surface area contributed by atoms with Gasteiger partial charge in [-0.15, -0.1) is 0 Å². The van der Waals surface area contributed by atoms with E-state index in [0.29, 0.717) is 11.2 Å². The lowest BCUT2D eigenvalue weighted by Crippen LogP contribution is -2.51. The topological polar surface area (TPSA) is 65.5 Å². The molecule has 0 aromatic carbocycles. The maximum atomic E-state index is 10.6. The number of carboxylic acid groups (broad SMARTS) is 1. The minimum Gasteiger partial charge on any atom is -0.475 e. The van der Waals surface area contributed by atoms with Crippen molar-refractivity contribution in [2.24, 2.45) is 5.92 Å². The van der Waals surface area contributed by atoms with Crippen LogP contribution < -0.4 is 10.2 Å². The van der Waals surface area contributed by atoms with Crippen molar-refractivity contribution in [1.82, 2.24) is 10.3 Å². The molecule has 0 unspecified atom stereocenters. The van der Waals surface area contributed by atoms with E-state index in [1.165, 1.54) is 12.2 Å². The van der Waals surface area contributed by atoms with Crippen LogP contribution in [0.2, 0.25) is 5.15 Å². The second-order valence-corrected chi connectivity index (χ2v) is 5.64. The number of alkyl halides is 3. The highest BCUT2D eigenvalue weighted by molar-refractivity contribution is 6.30. The summed E-state index contributed by atoms with van der Waals surface area (Å²) >= 11 is 5.92. The first-order valence-corrected chi connectivity index (χ1v) is 6.97. The zero-order valence-corrected chi connectivity index (χ0v) is 12.4. The van der Waals surface area contributed by atoms with Gasteiger partial charge >= 0.3 is 12.1 Å². The second-order valence-electron chi connectivity index (χ2n) is 5.28. The molecule has 0 aliphatic carbocycles. The number of anilines is 1. The Morgan fingerprint density at radius 2 is 2.14 bits per heavy atom. The van der Waals surface area contributed by atoms with E-state index in [0.717, 1.165) is 24.6 Å². The van der Waals surface area contributed by atoms with Crippen molar-refractivity contribution in [3.63, 3.8) is 0 Å². The first-order valence-electron chi connectivity index (χ1n) is 6.59. The number of nitrogens with one attached hydrogen (secondary N) is 1. The molecule has 5 nitrogen and oxygen atoms in total. The Morgan fingerprint density at radius 1 is 1.50 bits per heavy atom. The number of aryl methyl sites for hydroxylation is 1. The molecule has 0 radical (unpaired) electrons. The van der Waals surface area contributed by atoms with Crippen LogP contribution in [0, 0.1) is 12.8 Å². The summed E-state index contributed by atoms with van der Waals surface area (Å²) in [6.07, 6.45) is -3.21. The SMILES string of the molecule is Cc1cc(N2C[C@@H]3CN[C@@H]3C2)cnc1Cl.O=C(O)C(F)(F)F. The lowest BCUT2D eigenvalue weighted by Gasteiger charge is -2.29. The number of pyridine rings is 1. The van der Waals surface area contributed by atoms with E-state index in [-0.39, 0.29) is 0 Å². The number of aromatic nitrogens is 1. The van der Waals surface area contributed by atoms with E-state index in [4.69, 9.17) is 21.5 Å². The van der Waals surface area contributed by atoms with Crippen molar-refractivity contribution >= 4 is 23.3 Å². The molecular weight excluding hydrogens is 323 g/mol. The third kappa shape index (κ3) is 3.80. The first-order chi connectivity index (χ1) is 10.2. The molecule has 2 aliphatic rings. The van der Waals surface area contributed by atoms with Crippen LogP contribution in [0.25, 0.3) is 0 Å². The Morgan fingerprint density at radius 3 is 2.50 bits per heavy atom. The molecular formula is C13H15ClF3N3O2. The van der Waals surface area contributed by atoms with Gasteiger partial charge in [0.05, 0.1) is 11.9 Å². The third-order valence-corrected chi connectivity index (χ3v) is 4.09. The van der Waals surface area contributed by atoms with Crippen LogP contribution in [-0.4, -0.2) is 47.9 Å². The molecule has 2 N–H and O–H groups in total. The van der Waals surface area contributed by atoms with Gasteiger partial charge in [-0.3, -0.25) is 0 Å². The van der Waals surface area contributed by atoms with Gasteiger partial charge in [-0.2, -0.15) is 13.2 Å². The van der Waals surface area contributed by atoms with Crippen molar-refractivity contribution in [3.05, 3.63) is 23.0 Å². The van der Waals surface area contributed by atoms with Gasteiger partial charge in [0.25, 0.3) is 0 Å². The zero-order chi connectivity index (χ0) is 16.5. The molecule has 3 heterocycles. The minimum absolute atomic E-state index is 0.610. The molecule has 9 heteroatoms. The number of carbonyl (C=O) groups is 1. The molecule has 1 aromatic rings. The number of rotatable bonds is 1. The molecule has 0 amide bonds. The number of hydrogen-bond donors (Lipinski definition) is 2. The van der Waals surface area contributed by atoms with Crippen LogP contribution >= 0.6 is 11.6 Å². The molecule has 2 atom stereocenters. The largest absolute Gasteiger partial charge is 0.490 e. The van der Waals surface area contributed by atoms with Gasteiger partial charge in [0.15, 0.2) is 0 Å². The average Bonchev–Trinajstić information content (AvgIpc) is 2.68. The normalized spacial score (nSPS) is 23.2. The van der Waals surface area contributed by atoms with E-state index in [9.17, 15) is 13.2 Å². The Labute approximate surface area is 130 Å². The highest BCUT2D eigenvalue weighted by Gasteiger charge is 2.39. The molecule has 2 fully saturated rings. The molecule has 22 heavy (non-hydrogen) atoms.